The SMILES string of the molecule is CC.CCC.CCC.CN=Nc1ccccc1.c1ccc2ccccc2c1. The van der Waals surface area contributed by atoms with Crippen LogP contribution < -0.4 is 0 Å². The second kappa shape index (κ2) is 21.6. The maximum atomic E-state index is 3.83. The number of hydrogen-bond acceptors (Lipinski definition) is 2. The van der Waals surface area contributed by atoms with Crippen molar-refractivity contribution in [3.63, 3.8) is 0 Å². The third-order valence-corrected chi connectivity index (χ3v) is 2.63. The van der Waals surface area contributed by atoms with E-state index in [9.17, 15) is 0 Å². The maximum absolute atomic E-state index is 3.83. The van der Waals surface area contributed by atoms with Crippen LogP contribution in [-0.2, 0) is 0 Å². The quantitative estimate of drug-likeness (QED) is 0.384. The molecule has 0 amide bonds. The lowest BCUT2D eigenvalue weighted by atomic mass is 10.1. The van der Waals surface area contributed by atoms with Crippen LogP contribution in [0.2, 0.25) is 0 Å². The molecule has 0 saturated heterocycles. The first kappa shape index (κ1) is 26.7. The number of azo groups is 1. The highest BCUT2D eigenvalue weighted by Gasteiger charge is 1.85. The van der Waals surface area contributed by atoms with Gasteiger partial charge in [0.1, 0.15) is 0 Å². The molecule has 0 spiro atoms. The lowest BCUT2D eigenvalue weighted by molar-refractivity contribution is 1.09. The molecule has 0 fully saturated rings. The summed E-state index contributed by atoms with van der Waals surface area (Å²) in [6.07, 6.45) is 2.50. The fourth-order valence-electron chi connectivity index (χ4n) is 1.74. The Balaban J connectivity index is 0. The summed E-state index contributed by atoms with van der Waals surface area (Å²) < 4.78 is 0. The molecule has 0 heterocycles. The van der Waals surface area contributed by atoms with Crippen molar-refractivity contribution in [2.75, 3.05) is 7.05 Å². The third-order valence-electron chi connectivity index (χ3n) is 2.63. The molecule has 0 atom stereocenters. The van der Waals surface area contributed by atoms with Gasteiger partial charge in [-0.1, -0.05) is 121 Å². The van der Waals surface area contributed by atoms with Crippen LogP contribution in [0.5, 0.6) is 0 Å². The van der Waals surface area contributed by atoms with Crippen LogP contribution in [0.1, 0.15) is 54.4 Å². The van der Waals surface area contributed by atoms with E-state index in [4.69, 9.17) is 0 Å². The van der Waals surface area contributed by atoms with Crippen LogP contribution in [0.15, 0.2) is 89.1 Å². The van der Waals surface area contributed by atoms with E-state index in [1.165, 1.54) is 23.6 Å². The van der Waals surface area contributed by atoms with Crippen LogP contribution >= 0.6 is 0 Å². The van der Waals surface area contributed by atoms with Crippen molar-refractivity contribution in [3.05, 3.63) is 78.9 Å². The zero-order chi connectivity index (χ0) is 20.8. The molecule has 27 heavy (non-hydrogen) atoms. The molecule has 0 N–H and O–H groups in total. The molecule has 0 aliphatic heterocycles. The van der Waals surface area contributed by atoms with Gasteiger partial charge in [0.25, 0.3) is 0 Å². The van der Waals surface area contributed by atoms with Gasteiger partial charge in [0.15, 0.2) is 0 Å². The smallest absolute Gasteiger partial charge is 0.0852 e. The molecule has 148 valence electrons. The fraction of sp³-hybridized carbons (Fsp3) is 0.360. The molecule has 2 heteroatoms. The molecule has 0 saturated carbocycles. The Morgan fingerprint density at radius 3 is 1.15 bits per heavy atom. The summed E-state index contributed by atoms with van der Waals surface area (Å²) in [5, 5.41) is 10.1. The highest BCUT2D eigenvalue weighted by Crippen LogP contribution is 2.11. The van der Waals surface area contributed by atoms with E-state index < -0.39 is 0 Å². The van der Waals surface area contributed by atoms with Gasteiger partial charge in [0, 0.05) is 7.05 Å². The summed E-state index contributed by atoms with van der Waals surface area (Å²) in [4.78, 5) is 0. The zero-order valence-corrected chi connectivity index (χ0v) is 18.3. The molecule has 0 aromatic heterocycles. The first-order valence-corrected chi connectivity index (χ1v) is 10.0. The number of hydrogen-bond donors (Lipinski definition) is 0. The Morgan fingerprint density at radius 2 is 0.852 bits per heavy atom. The van der Waals surface area contributed by atoms with Crippen molar-refractivity contribution < 1.29 is 0 Å². The van der Waals surface area contributed by atoms with Gasteiger partial charge in [0.05, 0.1) is 5.69 Å². The van der Waals surface area contributed by atoms with Crippen LogP contribution in [0.25, 0.3) is 10.8 Å². The summed E-state index contributed by atoms with van der Waals surface area (Å²) in [5.74, 6) is 0. The Labute approximate surface area is 167 Å². The minimum absolute atomic E-state index is 0.903. The largest absolute Gasteiger partial charge is 0.192 e. The van der Waals surface area contributed by atoms with Crippen LogP contribution in [0.4, 0.5) is 5.69 Å². The van der Waals surface area contributed by atoms with Crippen molar-refractivity contribution in [2.24, 2.45) is 10.2 Å². The van der Waals surface area contributed by atoms with E-state index in [1.54, 1.807) is 7.05 Å². The molecule has 0 unspecified atom stereocenters. The predicted octanol–water partition coefficient (Wildman–Crippen LogP) is 9.10. The summed E-state index contributed by atoms with van der Waals surface area (Å²) in [6, 6.07) is 26.4. The monoisotopic (exact) mass is 366 g/mol. The van der Waals surface area contributed by atoms with Gasteiger partial charge in [0.2, 0.25) is 0 Å². The molecule has 2 nitrogen and oxygen atoms in total. The number of benzene rings is 3. The second-order valence-corrected chi connectivity index (χ2v) is 5.40. The van der Waals surface area contributed by atoms with Gasteiger partial charge >= 0.3 is 0 Å². The van der Waals surface area contributed by atoms with Crippen molar-refractivity contribution in [3.8, 4) is 0 Å². The van der Waals surface area contributed by atoms with Gasteiger partial charge in [-0.25, -0.2) is 0 Å². The van der Waals surface area contributed by atoms with Crippen LogP contribution in [0.3, 0.4) is 0 Å². The standard InChI is InChI=1S/C10H8.C7H8N2.2C3H8.C2H6/c1-2-6-10-8-4-3-7-9(10)5-1;1-8-9-7-5-3-2-4-6-7;2*1-3-2;1-2/h1-8H;2-6H,1H3;2*3H2,1-2H3;1-2H3. The van der Waals surface area contributed by atoms with Gasteiger partial charge in [-0.15, -0.1) is 0 Å². The second-order valence-electron chi connectivity index (χ2n) is 5.40. The molecule has 0 bridgehead atoms. The fourth-order valence-corrected chi connectivity index (χ4v) is 1.74. The normalized spacial score (nSPS) is 8.70. The predicted molar refractivity (Wildman–Crippen MR) is 124 cm³/mol. The third kappa shape index (κ3) is 15.5. The summed E-state index contributed by atoms with van der Waals surface area (Å²) in [5.41, 5.74) is 0.903. The van der Waals surface area contributed by atoms with Gasteiger partial charge in [-0.2, -0.15) is 10.2 Å². The molecule has 3 aromatic carbocycles. The van der Waals surface area contributed by atoms with Crippen LogP contribution in [-0.4, -0.2) is 7.05 Å². The minimum Gasteiger partial charge on any atom is -0.192 e. The Kier molecular flexibility index (Phi) is 21.4. The van der Waals surface area contributed by atoms with Gasteiger partial charge < -0.3 is 0 Å². The average Bonchev–Trinajstić information content (AvgIpc) is 2.72. The zero-order valence-electron chi connectivity index (χ0n) is 18.3. The van der Waals surface area contributed by atoms with E-state index >= 15 is 0 Å². The lowest BCUT2D eigenvalue weighted by Gasteiger charge is -1.92. The molecule has 3 rings (SSSR count). The molecule has 0 aliphatic carbocycles. The van der Waals surface area contributed by atoms with E-state index in [0.717, 1.165) is 5.69 Å². The van der Waals surface area contributed by atoms with Crippen molar-refractivity contribution >= 4 is 16.5 Å². The van der Waals surface area contributed by atoms with E-state index in [1.807, 2.05) is 44.2 Å². The van der Waals surface area contributed by atoms with Crippen LogP contribution in [0, 0.1) is 0 Å². The summed E-state index contributed by atoms with van der Waals surface area (Å²) in [6.45, 7) is 12.5. The van der Waals surface area contributed by atoms with Crippen molar-refractivity contribution in [2.45, 2.75) is 54.4 Å². The molecular weight excluding hydrogens is 328 g/mol. The van der Waals surface area contributed by atoms with E-state index in [2.05, 4.69) is 86.5 Å². The topological polar surface area (TPSA) is 24.7 Å². The highest BCUT2D eigenvalue weighted by molar-refractivity contribution is 5.81. The first-order valence-electron chi connectivity index (χ1n) is 10.0. The van der Waals surface area contributed by atoms with E-state index in [-0.39, 0.29) is 0 Å². The highest BCUT2D eigenvalue weighted by atomic mass is 15.1. The summed E-state index contributed by atoms with van der Waals surface area (Å²) in [7, 11) is 1.66. The number of fused-ring (bicyclic) bond motifs is 1. The first-order chi connectivity index (χ1) is 13.2. The Hall–Kier alpha value is -2.48. The Morgan fingerprint density at radius 1 is 0.556 bits per heavy atom. The van der Waals surface area contributed by atoms with Gasteiger partial charge in [-0.05, 0) is 22.9 Å². The minimum atomic E-state index is 0.903. The molecular formula is C25H38N2. The average molecular weight is 367 g/mol. The van der Waals surface area contributed by atoms with Gasteiger partial charge in [-0.3, -0.25) is 0 Å². The maximum Gasteiger partial charge on any atom is 0.0852 e. The molecule has 3 aromatic rings. The number of nitrogens with zero attached hydrogens (tertiary/aromatic N) is 2. The number of rotatable bonds is 1. The molecule has 0 radical (unpaired) electrons. The Bertz CT molecular complexity index is 608. The summed E-state index contributed by atoms with van der Waals surface area (Å²) >= 11 is 0. The molecule has 0 aliphatic rings. The van der Waals surface area contributed by atoms with Crippen molar-refractivity contribution in [1.29, 1.82) is 0 Å². The van der Waals surface area contributed by atoms with E-state index in [0.29, 0.717) is 0 Å². The van der Waals surface area contributed by atoms with Crippen molar-refractivity contribution in [1.82, 2.24) is 0 Å². The lowest BCUT2D eigenvalue weighted by Crippen LogP contribution is -1.67.